The summed E-state index contributed by atoms with van der Waals surface area (Å²) in [5.41, 5.74) is 2.91. The second-order valence-corrected chi connectivity index (χ2v) is 7.24. The van der Waals surface area contributed by atoms with Crippen LogP contribution in [0.3, 0.4) is 0 Å². The number of benzene rings is 1. The molecular formula is C18H26O2. The fourth-order valence-corrected chi connectivity index (χ4v) is 2.14. The van der Waals surface area contributed by atoms with E-state index in [-0.39, 0.29) is 16.8 Å². The van der Waals surface area contributed by atoms with Crippen LogP contribution in [0.4, 0.5) is 0 Å². The summed E-state index contributed by atoms with van der Waals surface area (Å²) in [6.45, 7) is 18.0. The first-order chi connectivity index (χ1) is 8.96. The average Bonchev–Trinajstić information content (AvgIpc) is 2.25. The second kappa shape index (κ2) is 5.43. The van der Waals surface area contributed by atoms with Gasteiger partial charge in [0.15, 0.2) is 0 Å². The molecule has 0 spiro atoms. The molecule has 2 nitrogen and oxygen atoms in total. The molecule has 0 atom stereocenters. The summed E-state index contributed by atoms with van der Waals surface area (Å²) in [5, 5.41) is 0. The smallest absolute Gasteiger partial charge is 0.308 e. The summed E-state index contributed by atoms with van der Waals surface area (Å²) >= 11 is 0. The summed E-state index contributed by atoms with van der Waals surface area (Å²) in [5.74, 6) is 0.412. The van der Waals surface area contributed by atoms with Crippen LogP contribution in [0.25, 0.3) is 6.08 Å². The molecule has 0 aromatic heterocycles. The molecule has 20 heavy (non-hydrogen) atoms. The van der Waals surface area contributed by atoms with Gasteiger partial charge in [-0.15, -0.1) is 0 Å². The topological polar surface area (TPSA) is 26.3 Å². The minimum absolute atomic E-state index is 0.107. The van der Waals surface area contributed by atoms with E-state index in [0.29, 0.717) is 5.75 Å². The fraction of sp³-hybridized carbons (Fsp3) is 0.500. The summed E-state index contributed by atoms with van der Waals surface area (Å²) in [6, 6.07) is 4.11. The molecule has 1 aromatic rings. The number of ether oxygens (including phenoxy) is 1. The molecule has 0 aliphatic heterocycles. The summed E-state index contributed by atoms with van der Waals surface area (Å²) < 4.78 is 5.56. The average molecular weight is 274 g/mol. The molecule has 0 N–H and O–H groups in total. The Balaban J connectivity index is 3.71. The van der Waals surface area contributed by atoms with Crippen LogP contribution in [0.15, 0.2) is 18.7 Å². The van der Waals surface area contributed by atoms with E-state index in [4.69, 9.17) is 4.74 Å². The van der Waals surface area contributed by atoms with Crippen molar-refractivity contribution in [2.75, 3.05) is 0 Å². The lowest BCUT2D eigenvalue weighted by Gasteiger charge is -2.29. The predicted octanol–water partition coefficient (Wildman–Crippen LogP) is 4.85. The van der Waals surface area contributed by atoms with Crippen LogP contribution in [0.5, 0.6) is 5.75 Å². The fourth-order valence-electron chi connectivity index (χ4n) is 2.14. The van der Waals surface area contributed by atoms with Crippen molar-refractivity contribution >= 4 is 12.0 Å². The van der Waals surface area contributed by atoms with Gasteiger partial charge in [-0.25, -0.2) is 0 Å². The lowest BCUT2D eigenvalue weighted by molar-refractivity contribution is -0.132. The van der Waals surface area contributed by atoms with Crippen molar-refractivity contribution in [1.82, 2.24) is 0 Å². The molecule has 0 heterocycles. The van der Waals surface area contributed by atoms with E-state index in [1.807, 2.05) is 6.08 Å². The lowest BCUT2D eigenvalue weighted by atomic mass is 9.78. The van der Waals surface area contributed by atoms with E-state index in [1.54, 1.807) is 0 Å². The Hall–Kier alpha value is -1.57. The van der Waals surface area contributed by atoms with Crippen molar-refractivity contribution in [2.24, 2.45) is 0 Å². The standard InChI is InChI=1S/C18H26O2/c1-9-13-10-14(17(3,4)5)16(20-12(2)19)15(11-13)18(6,7)8/h9-11H,1H2,2-8H3. The van der Waals surface area contributed by atoms with Crippen molar-refractivity contribution in [3.05, 3.63) is 35.4 Å². The molecule has 0 aliphatic rings. The molecular weight excluding hydrogens is 248 g/mol. The third kappa shape index (κ3) is 3.72. The van der Waals surface area contributed by atoms with Gasteiger partial charge in [0.2, 0.25) is 0 Å². The summed E-state index contributed by atoms with van der Waals surface area (Å²) in [6.07, 6.45) is 1.84. The highest BCUT2D eigenvalue weighted by Crippen LogP contribution is 2.41. The molecule has 0 amide bonds. The molecule has 0 unspecified atom stereocenters. The summed E-state index contributed by atoms with van der Waals surface area (Å²) in [7, 11) is 0. The highest BCUT2D eigenvalue weighted by atomic mass is 16.5. The second-order valence-electron chi connectivity index (χ2n) is 7.24. The Bertz CT molecular complexity index is 490. The molecule has 1 rings (SSSR count). The van der Waals surface area contributed by atoms with Crippen LogP contribution in [-0.4, -0.2) is 5.97 Å². The van der Waals surface area contributed by atoms with Crippen LogP contribution < -0.4 is 4.74 Å². The van der Waals surface area contributed by atoms with Crippen molar-refractivity contribution in [1.29, 1.82) is 0 Å². The number of hydrogen-bond acceptors (Lipinski definition) is 2. The number of hydrogen-bond donors (Lipinski definition) is 0. The van der Waals surface area contributed by atoms with E-state index < -0.39 is 0 Å². The van der Waals surface area contributed by atoms with E-state index in [0.717, 1.165) is 16.7 Å². The third-order valence-corrected chi connectivity index (χ3v) is 3.21. The first kappa shape index (κ1) is 16.5. The molecule has 0 fully saturated rings. The van der Waals surface area contributed by atoms with Gasteiger partial charge in [0, 0.05) is 18.1 Å². The Morgan fingerprint density at radius 1 is 1.05 bits per heavy atom. The number of carbonyl (C=O) groups excluding carboxylic acids is 1. The maximum Gasteiger partial charge on any atom is 0.308 e. The molecule has 2 heteroatoms. The van der Waals surface area contributed by atoms with E-state index in [9.17, 15) is 4.79 Å². The van der Waals surface area contributed by atoms with Gasteiger partial charge in [0.1, 0.15) is 5.75 Å². The predicted molar refractivity (Wildman–Crippen MR) is 85.2 cm³/mol. The molecule has 0 saturated heterocycles. The number of carbonyl (C=O) groups is 1. The Labute approximate surface area is 122 Å². The van der Waals surface area contributed by atoms with Crippen LogP contribution in [0.1, 0.15) is 65.2 Å². The van der Waals surface area contributed by atoms with Gasteiger partial charge < -0.3 is 4.74 Å². The maximum absolute atomic E-state index is 11.5. The highest BCUT2D eigenvalue weighted by Gasteiger charge is 2.28. The van der Waals surface area contributed by atoms with Gasteiger partial charge in [-0.3, -0.25) is 4.79 Å². The lowest BCUT2D eigenvalue weighted by Crippen LogP contribution is -2.21. The van der Waals surface area contributed by atoms with Gasteiger partial charge >= 0.3 is 5.97 Å². The molecule has 0 bridgehead atoms. The number of esters is 1. The Morgan fingerprint density at radius 2 is 1.45 bits per heavy atom. The quantitative estimate of drug-likeness (QED) is 0.569. The normalized spacial score (nSPS) is 12.2. The van der Waals surface area contributed by atoms with Crippen LogP contribution in [0.2, 0.25) is 0 Å². The van der Waals surface area contributed by atoms with Crippen molar-refractivity contribution in [3.63, 3.8) is 0 Å². The van der Waals surface area contributed by atoms with Crippen molar-refractivity contribution < 1.29 is 9.53 Å². The third-order valence-electron chi connectivity index (χ3n) is 3.21. The summed E-state index contributed by atoms with van der Waals surface area (Å²) in [4.78, 5) is 11.5. The zero-order chi connectivity index (χ0) is 15.7. The SMILES string of the molecule is C=Cc1cc(C(C)(C)C)c(OC(C)=O)c(C(C)(C)C)c1. The molecule has 0 saturated carbocycles. The van der Waals surface area contributed by atoms with Gasteiger partial charge in [-0.2, -0.15) is 0 Å². The van der Waals surface area contributed by atoms with Gasteiger partial charge in [-0.05, 0) is 28.5 Å². The molecule has 1 aromatic carbocycles. The van der Waals surface area contributed by atoms with Crippen LogP contribution in [-0.2, 0) is 15.6 Å². The molecule has 0 aliphatic carbocycles. The van der Waals surface area contributed by atoms with E-state index in [1.165, 1.54) is 6.92 Å². The van der Waals surface area contributed by atoms with E-state index >= 15 is 0 Å². The van der Waals surface area contributed by atoms with Crippen LogP contribution in [0, 0.1) is 0 Å². The monoisotopic (exact) mass is 274 g/mol. The zero-order valence-corrected chi connectivity index (χ0v) is 13.8. The first-order valence-electron chi connectivity index (χ1n) is 6.96. The minimum Gasteiger partial charge on any atom is -0.426 e. The van der Waals surface area contributed by atoms with Crippen LogP contribution >= 0.6 is 0 Å². The largest absolute Gasteiger partial charge is 0.426 e. The van der Waals surface area contributed by atoms with Crippen molar-refractivity contribution in [2.45, 2.75) is 59.3 Å². The van der Waals surface area contributed by atoms with Gasteiger partial charge in [0.05, 0.1) is 0 Å². The highest BCUT2D eigenvalue weighted by molar-refractivity contribution is 5.72. The Kier molecular flexibility index (Phi) is 4.48. The van der Waals surface area contributed by atoms with Crippen molar-refractivity contribution in [3.8, 4) is 5.75 Å². The van der Waals surface area contributed by atoms with Gasteiger partial charge in [-0.1, -0.05) is 54.2 Å². The maximum atomic E-state index is 11.5. The molecule has 0 radical (unpaired) electrons. The molecule has 110 valence electrons. The van der Waals surface area contributed by atoms with Gasteiger partial charge in [0.25, 0.3) is 0 Å². The zero-order valence-electron chi connectivity index (χ0n) is 13.8. The minimum atomic E-state index is -0.285. The van der Waals surface area contributed by atoms with E-state index in [2.05, 4.69) is 60.3 Å². The Morgan fingerprint density at radius 3 is 1.70 bits per heavy atom. The number of rotatable bonds is 2. The first-order valence-corrected chi connectivity index (χ1v) is 6.96.